The van der Waals surface area contributed by atoms with Gasteiger partial charge in [0.1, 0.15) is 5.69 Å². The fourth-order valence-electron chi connectivity index (χ4n) is 3.52. The van der Waals surface area contributed by atoms with Gasteiger partial charge in [0.05, 0.1) is 17.9 Å². The van der Waals surface area contributed by atoms with E-state index in [1.54, 1.807) is 30.9 Å². The molecule has 2 aromatic rings. The first-order valence-electron chi connectivity index (χ1n) is 10.0. The van der Waals surface area contributed by atoms with E-state index in [0.717, 1.165) is 17.8 Å². The number of nitrogens with zero attached hydrogens (tertiary/aromatic N) is 4. The molecule has 8 nitrogen and oxygen atoms in total. The number of hydrogen-bond acceptors (Lipinski definition) is 6. The van der Waals surface area contributed by atoms with Crippen molar-refractivity contribution >= 4 is 11.6 Å². The van der Waals surface area contributed by atoms with Crippen molar-refractivity contribution in [2.24, 2.45) is 5.92 Å². The zero-order valence-corrected chi connectivity index (χ0v) is 16.5. The van der Waals surface area contributed by atoms with Crippen molar-refractivity contribution < 1.29 is 4.79 Å². The van der Waals surface area contributed by atoms with Gasteiger partial charge in [-0.3, -0.25) is 19.6 Å². The van der Waals surface area contributed by atoms with Crippen LogP contribution in [0.2, 0.25) is 0 Å². The van der Waals surface area contributed by atoms with Crippen LogP contribution in [0.25, 0.3) is 11.3 Å². The standard InChI is InChI=1S/C21H26N6O2/c1-22-6-2-3-20(28)26-13-17(14-26)27(12-15-4-5-15)19-9-16(10-25-21(19)29)18-11-23-7-8-24-18/h2-3,7-11,15,17,22H,4-6,12-14H2,1H3,(H,25,29)/b3-2+. The van der Waals surface area contributed by atoms with Gasteiger partial charge in [0, 0.05) is 56.4 Å². The van der Waals surface area contributed by atoms with E-state index in [4.69, 9.17) is 0 Å². The Hall–Kier alpha value is -3.00. The van der Waals surface area contributed by atoms with Crippen molar-refractivity contribution in [3.05, 3.63) is 53.4 Å². The predicted molar refractivity (Wildman–Crippen MR) is 112 cm³/mol. The van der Waals surface area contributed by atoms with E-state index >= 15 is 0 Å². The molecule has 2 aromatic heterocycles. The number of aromatic nitrogens is 3. The third kappa shape index (κ3) is 4.54. The van der Waals surface area contributed by atoms with E-state index in [-0.39, 0.29) is 17.5 Å². The van der Waals surface area contributed by atoms with Crippen LogP contribution < -0.4 is 15.8 Å². The third-order valence-electron chi connectivity index (χ3n) is 5.40. The molecule has 2 N–H and O–H groups in total. The summed E-state index contributed by atoms with van der Waals surface area (Å²) in [5, 5.41) is 2.99. The molecule has 8 heteroatoms. The molecule has 152 valence electrons. The fourth-order valence-corrected chi connectivity index (χ4v) is 3.52. The minimum Gasteiger partial charge on any atom is -0.360 e. The lowest BCUT2D eigenvalue weighted by molar-refractivity contribution is -0.130. The van der Waals surface area contributed by atoms with Gasteiger partial charge in [-0.1, -0.05) is 6.08 Å². The maximum Gasteiger partial charge on any atom is 0.271 e. The zero-order valence-electron chi connectivity index (χ0n) is 16.5. The van der Waals surface area contributed by atoms with Crippen molar-refractivity contribution in [3.63, 3.8) is 0 Å². The Labute approximate surface area is 169 Å². The smallest absolute Gasteiger partial charge is 0.271 e. The molecule has 4 rings (SSSR count). The molecule has 0 atom stereocenters. The maximum atomic E-state index is 12.6. The number of nitrogens with one attached hydrogen (secondary N) is 2. The minimum atomic E-state index is -0.114. The van der Waals surface area contributed by atoms with Crippen molar-refractivity contribution in [1.82, 2.24) is 25.2 Å². The summed E-state index contributed by atoms with van der Waals surface area (Å²) in [6.45, 7) is 2.77. The van der Waals surface area contributed by atoms with Gasteiger partial charge in [0.2, 0.25) is 5.91 Å². The van der Waals surface area contributed by atoms with Crippen molar-refractivity contribution in [2.75, 3.05) is 38.1 Å². The summed E-state index contributed by atoms with van der Waals surface area (Å²) < 4.78 is 0. The van der Waals surface area contributed by atoms with Gasteiger partial charge in [-0.05, 0) is 31.9 Å². The highest BCUT2D eigenvalue weighted by molar-refractivity contribution is 5.88. The second-order valence-corrected chi connectivity index (χ2v) is 7.65. The molecular formula is C21H26N6O2. The van der Waals surface area contributed by atoms with E-state index in [1.165, 1.54) is 12.8 Å². The van der Waals surface area contributed by atoms with Gasteiger partial charge < -0.3 is 20.1 Å². The van der Waals surface area contributed by atoms with Crippen molar-refractivity contribution in [1.29, 1.82) is 0 Å². The number of pyridine rings is 1. The average molecular weight is 394 g/mol. The van der Waals surface area contributed by atoms with Crippen LogP contribution in [-0.2, 0) is 4.79 Å². The van der Waals surface area contributed by atoms with Crippen LogP contribution in [0.4, 0.5) is 5.69 Å². The first kappa shape index (κ1) is 19.3. The van der Waals surface area contributed by atoms with Crippen LogP contribution in [0.3, 0.4) is 0 Å². The molecule has 0 bridgehead atoms. The first-order chi connectivity index (χ1) is 14.2. The Kier molecular flexibility index (Phi) is 5.71. The molecule has 2 aliphatic rings. The highest BCUT2D eigenvalue weighted by Crippen LogP contribution is 2.33. The van der Waals surface area contributed by atoms with Gasteiger partial charge >= 0.3 is 0 Å². The van der Waals surface area contributed by atoms with Crippen LogP contribution in [0.5, 0.6) is 0 Å². The molecule has 1 saturated carbocycles. The lowest BCUT2D eigenvalue weighted by atomic mass is 10.0. The number of carbonyl (C=O) groups is 1. The number of likely N-dealkylation sites (tertiary alicyclic amines) is 1. The molecule has 1 aliphatic heterocycles. The molecule has 3 heterocycles. The van der Waals surface area contributed by atoms with Gasteiger partial charge in [0.15, 0.2) is 0 Å². The number of amides is 1. The number of rotatable bonds is 8. The SMILES string of the molecule is CNC/C=C/C(=O)N1CC(N(CC2CC2)c2cc(-c3cnccn3)c[nH]c2=O)C1. The van der Waals surface area contributed by atoms with Crippen LogP contribution in [-0.4, -0.2) is 65.0 Å². The Balaban J connectivity index is 1.52. The Bertz CT molecular complexity index is 932. The van der Waals surface area contributed by atoms with Crippen LogP contribution in [0.1, 0.15) is 12.8 Å². The summed E-state index contributed by atoms with van der Waals surface area (Å²) in [7, 11) is 1.84. The maximum absolute atomic E-state index is 12.6. The normalized spacial score (nSPS) is 16.8. The topological polar surface area (TPSA) is 94.2 Å². The first-order valence-corrected chi connectivity index (χ1v) is 10.0. The lowest BCUT2D eigenvalue weighted by Gasteiger charge is -2.46. The summed E-state index contributed by atoms with van der Waals surface area (Å²) >= 11 is 0. The van der Waals surface area contributed by atoms with Gasteiger partial charge in [-0.15, -0.1) is 0 Å². The van der Waals surface area contributed by atoms with E-state index in [1.807, 2.05) is 24.1 Å². The van der Waals surface area contributed by atoms with Crippen molar-refractivity contribution in [2.45, 2.75) is 18.9 Å². The molecule has 0 unspecified atom stereocenters. The van der Waals surface area contributed by atoms with E-state index < -0.39 is 0 Å². The Morgan fingerprint density at radius 2 is 2.21 bits per heavy atom. The monoisotopic (exact) mass is 394 g/mol. The molecule has 0 aromatic carbocycles. The van der Waals surface area contributed by atoms with Gasteiger partial charge in [-0.25, -0.2) is 0 Å². The minimum absolute atomic E-state index is 0.0186. The molecular weight excluding hydrogens is 368 g/mol. The number of H-pyrrole nitrogens is 1. The molecule has 1 saturated heterocycles. The molecule has 2 fully saturated rings. The highest BCUT2D eigenvalue weighted by Gasteiger charge is 2.37. The molecule has 0 radical (unpaired) electrons. The Morgan fingerprint density at radius 1 is 1.38 bits per heavy atom. The third-order valence-corrected chi connectivity index (χ3v) is 5.40. The average Bonchev–Trinajstić information content (AvgIpc) is 3.52. The zero-order chi connectivity index (χ0) is 20.2. The quantitative estimate of drug-likeness (QED) is 0.650. The van der Waals surface area contributed by atoms with E-state index in [0.29, 0.717) is 31.2 Å². The summed E-state index contributed by atoms with van der Waals surface area (Å²) in [5.74, 6) is 0.639. The molecule has 29 heavy (non-hydrogen) atoms. The summed E-state index contributed by atoms with van der Waals surface area (Å²) in [4.78, 5) is 40.2. The predicted octanol–water partition coefficient (Wildman–Crippen LogP) is 1.03. The number of anilines is 1. The van der Waals surface area contributed by atoms with Gasteiger partial charge in [-0.2, -0.15) is 0 Å². The molecule has 0 spiro atoms. The summed E-state index contributed by atoms with van der Waals surface area (Å²) in [6.07, 6.45) is 12.4. The number of hydrogen-bond donors (Lipinski definition) is 2. The second-order valence-electron chi connectivity index (χ2n) is 7.65. The largest absolute Gasteiger partial charge is 0.360 e. The second kappa shape index (κ2) is 8.57. The van der Waals surface area contributed by atoms with Crippen LogP contribution in [0, 0.1) is 5.92 Å². The van der Waals surface area contributed by atoms with E-state index in [9.17, 15) is 9.59 Å². The van der Waals surface area contributed by atoms with Crippen LogP contribution >= 0.6 is 0 Å². The van der Waals surface area contributed by atoms with E-state index in [2.05, 4.69) is 25.2 Å². The number of aromatic amines is 1. The summed E-state index contributed by atoms with van der Waals surface area (Å²) in [6, 6.07) is 2.04. The van der Waals surface area contributed by atoms with Gasteiger partial charge in [0.25, 0.3) is 5.56 Å². The summed E-state index contributed by atoms with van der Waals surface area (Å²) in [5.41, 5.74) is 2.08. The molecule has 1 aliphatic carbocycles. The van der Waals surface area contributed by atoms with Crippen LogP contribution in [0.15, 0.2) is 47.8 Å². The van der Waals surface area contributed by atoms with Crippen molar-refractivity contribution in [3.8, 4) is 11.3 Å². The lowest BCUT2D eigenvalue weighted by Crippen LogP contribution is -2.62. The Morgan fingerprint density at radius 3 is 2.90 bits per heavy atom. The molecule has 1 amide bonds. The highest BCUT2D eigenvalue weighted by atomic mass is 16.2. The number of likely N-dealkylation sites (N-methyl/N-ethyl adjacent to an activating group) is 1. The fraction of sp³-hybridized carbons (Fsp3) is 0.429. The number of carbonyl (C=O) groups excluding carboxylic acids is 1.